The van der Waals surface area contributed by atoms with Crippen molar-refractivity contribution in [3.05, 3.63) is 29.8 Å². The van der Waals surface area contributed by atoms with Gasteiger partial charge in [-0.25, -0.2) is 4.79 Å². The molecule has 0 saturated heterocycles. The Bertz CT molecular complexity index is 457. The van der Waals surface area contributed by atoms with E-state index in [-0.39, 0.29) is 12.2 Å². The number of hydrogen-bond donors (Lipinski definition) is 0. The second-order valence-corrected chi connectivity index (χ2v) is 3.48. The van der Waals surface area contributed by atoms with Crippen LogP contribution in [0.15, 0.2) is 24.3 Å². The highest BCUT2D eigenvalue weighted by Crippen LogP contribution is 2.15. The second kappa shape index (κ2) is 6.40. The largest absolute Gasteiger partial charge is 0.471 e. The number of methoxy groups -OCH3 is 1. The minimum atomic E-state index is -1.26. The van der Waals surface area contributed by atoms with Crippen LogP contribution in [0, 0.1) is 11.3 Å². The molecule has 0 aliphatic rings. The zero-order chi connectivity index (χ0) is 13.5. The number of carbonyl (C=O) groups is 2. The maximum Gasteiger partial charge on any atom is 0.354 e. The van der Waals surface area contributed by atoms with Crippen molar-refractivity contribution in [3.63, 3.8) is 0 Å². The van der Waals surface area contributed by atoms with Gasteiger partial charge >= 0.3 is 5.97 Å². The van der Waals surface area contributed by atoms with Gasteiger partial charge in [0.15, 0.2) is 5.78 Å². The molecule has 1 aromatic rings. The van der Waals surface area contributed by atoms with E-state index in [0.717, 1.165) is 0 Å². The molecule has 1 aromatic carbocycles. The predicted octanol–water partition coefficient (Wildman–Crippen LogP) is 1.46. The Labute approximate surface area is 105 Å². The monoisotopic (exact) mass is 247 g/mol. The van der Waals surface area contributed by atoms with Crippen LogP contribution in [0.4, 0.5) is 0 Å². The molecule has 0 bridgehead atoms. The van der Waals surface area contributed by atoms with Crippen molar-refractivity contribution in [2.75, 3.05) is 7.11 Å². The summed E-state index contributed by atoms with van der Waals surface area (Å²) < 4.78 is 9.80. The minimum absolute atomic E-state index is 0.177. The molecule has 0 fully saturated rings. The van der Waals surface area contributed by atoms with Gasteiger partial charge in [-0.3, -0.25) is 4.79 Å². The smallest absolute Gasteiger partial charge is 0.354 e. The quantitative estimate of drug-likeness (QED) is 0.581. The van der Waals surface area contributed by atoms with Crippen LogP contribution in [0.1, 0.15) is 18.9 Å². The van der Waals surface area contributed by atoms with Gasteiger partial charge in [-0.1, -0.05) is 6.92 Å². The van der Waals surface area contributed by atoms with E-state index >= 15 is 0 Å². The van der Waals surface area contributed by atoms with Crippen LogP contribution in [0.25, 0.3) is 0 Å². The Morgan fingerprint density at radius 1 is 1.33 bits per heavy atom. The molecule has 0 amide bonds. The Kier molecular flexibility index (Phi) is 4.88. The van der Waals surface area contributed by atoms with E-state index in [1.165, 1.54) is 19.2 Å². The van der Waals surface area contributed by atoms with E-state index in [4.69, 9.17) is 10.00 Å². The average Bonchev–Trinajstić information content (AvgIpc) is 2.43. The van der Waals surface area contributed by atoms with E-state index in [2.05, 4.69) is 4.74 Å². The Morgan fingerprint density at radius 3 is 2.39 bits per heavy atom. The maximum atomic E-state index is 11.6. The first-order valence-corrected chi connectivity index (χ1v) is 5.39. The molecule has 0 N–H and O–H groups in total. The third-order valence-electron chi connectivity index (χ3n) is 2.29. The molecule has 0 heterocycles. The highest BCUT2D eigenvalue weighted by molar-refractivity contribution is 6.02. The van der Waals surface area contributed by atoms with Gasteiger partial charge < -0.3 is 9.47 Å². The van der Waals surface area contributed by atoms with Crippen LogP contribution >= 0.6 is 0 Å². The fourth-order valence-corrected chi connectivity index (χ4v) is 1.28. The normalized spacial score (nSPS) is 11.2. The van der Waals surface area contributed by atoms with Gasteiger partial charge in [0.25, 0.3) is 6.10 Å². The molecule has 0 aliphatic heterocycles. The number of esters is 1. The highest BCUT2D eigenvalue weighted by atomic mass is 16.6. The fraction of sp³-hybridized carbons (Fsp3) is 0.308. The number of Topliss-reactive ketones (excluding diaryl/α,β-unsaturated/α-hetero) is 1. The lowest BCUT2D eigenvalue weighted by Gasteiger charge is -2.15. The zero-order valence-electron chi connectivity index (χ0n) is 10.2. The number of carbonyl (C=O) groups excluding carboxylic acids is 2. The van der Waals surface area contributed by atoms with E-state index in [0.29, 0.717) is 11.3 Å². The van der Waals surface area contributed by atoms with E-state index in [9.17, 15) is 9.59 Å². The van der Waals surface area contributed by atoms with Crippen molar-refractivity contribution in [2.45, 2.75) is 19.4 Å². The molecule has 1 atom stereocenters. The number of ether oxygens (including phenoxy) is 2. The lowest BCUT2D eigenvalue weighted by Crippen LogP contribution is -2.36. The number of nitriles is 1. The molecule has 5 heteroatoms. The van der Waals surface area contributed by atoms with Gasteiger partial charge in [0.05, 0.1) is 18.7 Å². The Hall–Kier alpha value is -2.35. The summed E-state index contributed by atoms with van der Waals surface area (Å²) in [5.74, 6) is -0.747. The molecule has 5 nitrogen and oxygen atoms in total. The summed E-state index contributed by atoms with van der Waals surface area (Å²) in [5, 5.41) is 8.64. The Morgan fingerprint density at radius 2 is 1.94 bits per heavy atom. The molecule has 0 spiro atoms. The first-order chi connectivity index (χ1) is 8.62. The summed E-state index contributed by atoms with van der Waals surface area (Å²) in [5.41, 5.74) is 0.471. The summed E-state index contributed by atoms with van der Waals surface area (Å²) >= 11 is 0. The van der Waals surface area contributed by atoms with E-state index in [1.807, 2.05) is 6.07 Å². The van der Waals surface area contributed by atoms with Crippen LogP contribution in [0.5, 0.6) is 5.75 Å². The number of ketones is 1. The van der Waals surface area contributed by atoms with Gasteiger partial charge in [0.1, 0.15) is 5.75 Å². The van der Waals surface area contributed by atoms with E-state index < -0.39 is 12.1 Å². The number of rotatable bonds is 5. The SMILES string of the molecule is CCC(=O)C(Oc1ccc(C#N)cc1)C(=O)OC. The van der Waals surface area contributed by atoms with Gasteiger partial charge in [-0.05, 0) is 24.3 Å². The van der Waals surface area contributed by atoms with Crippen molar-refractivity contribution in [1.29, 1.82) is 5.26 Å². The fourth-order valence-electron chi connectivity index (χ4n) is 1.28. The minimum Gasteiger partial charge on any atom is -0.471 e. The number of hydrogen-bond acceptors (Lipinski definition) is 5. The van der Waals surface area contributed by atoms with Gasteiger partial charge in [0, 0.05) is 6.42 Å². The van der Waals surface area contributed by atoms with Gasteiger partial charge in [-0.2, -0.15) is 5.26 Å². The van der Waals surface area contributed by atoms with Crippen molar-refractivity contribution in [2.24, 2.45) is 0 Å². The van der Waals surface area contributed by atoms with Crippen molar-refractivity contribution in [1.82, 2.24) is 0 Å². The lowest BCUT2D eigenvalue weighted by atomic mass is 10.2. The molecule has 0 aliphatic carbocycles. The maximum absolute atomic E-state index is 11.6. The zero-order valence-corrected chi connectivity index (χ0v) is 10.2. The molecular weight excluding hydrogens is 234 g/mol. The van der Waals surface area contributed by atoms with Gasteiger partial charge in [-0.15, -0.1) is 0 Å². The topological polar surface area (TPSA) is 76.4 Å². The van der Waals surface area contributed by atoms with Crippen molar-refractivity contribution < 1.29 is 19.1 Å². The molecule has 18 heavy (non-hydrogen) atoms. The van der Waals surface area contributed by atoms with Crippen LogP contribution in [0.3, 0.4) is 0 Å². The Balaban J connectivity index is 2.86. The van der Waals surface area contributed by atoms with Crippen molar-refractivity contribution in [3.8, 4) is 11.8 Å². The first kappa shape index (κ1) is 13.7. The number of benzene rings is 1. The molecule has 0 saturated carbocycles. The summed E-state index contributed by atoms with van der Waals surface area (Å²) in [6, 6.07) is 8.10. The number of nitrogens with zero attached hydrogens (tertiary/aromatic N) is 1. The third kappa shape index (κ3) is 3.32. The summed E-state index contributed by atoms with van der Waals surface area (Å²) in [6.07, 6.45) is -1.08. The van der Waals surface area contributed by atoms with Crippen LogP contribution in [-0.2, 0) is 14.3 Å². The molecule has 1 rings (SSSR count). The summed E-state index contributed by atoms with van der Waals surface area (Å²) in [4.78, 5) is 23.0. The molecule has 0 radical (unpaired) electrons. The van der Waals surface area contributed by atoms with Crippen LogP contribution in [0.2, 0.25) is 0 Å². The van der Waals surface area contributed by atoms with Crippen LogP contribution < -0.4 is 4.74 Å². The molecule has 1 unspecified atom stereocenters. The van der Waals surface area contributed by atoms with Gasteiger partial charge in [0.2, 0.25) is 0 Å². The van der Waals surface area contributed by atoms with Crippen LogP contribution in [-0.4, -0.2) is 25.0 Å². The molecular formula is C13H13NO4. The predicted molar refractivity (Wildman–Crippen MR) is 62.9 cm³/mol. The standard InChI is InChI=1S/C13H13NO4/c1-3-11(15)12(13(16)17-2)18-10-6-4-9(8-14)5-7-10/h4-7,12H,3H2,1-2H3. The lowest BCUT2D eigenvalue weighted by molar-refractivity contribution is -0.153. The highest BCUT2D eigenvalue weighted by Gasteiger charge is 2.28. The summed E-state index contributed by atoms with van der Waals surface area (Å²) in [6.45, 7) is 1.64. The van der Waals surface area contributed by atoms with Crippen molar-refractivity contribution >= 4 is 11.8 Å². The summed E-state index contributed by atoms with van der Waals surface area (Å²) in [7, 11) is 1.19. The average molecular weight is 247 g/mol. The first-order valence-electron chi connectivity index (χ1n) is 5.39. The molecule has 94 valence electrons. The second-order valence-electron chi connectivity index (χ2n) is 3.48. The third-order valence-corrected chi connectivity index (χ3v) is 2.29. The van der Waals surface area contributed by atoms with E-state index in [1.54, 1.807) is 19.1 Å². The molecule has 0 aromatic heterocycles.